The van der Waals surface area contributed by atoms with E-state index in [1.807, 2.05) is 24.3 Å². The van der Waals surface area contributed by atoms with Crippen LogP contribution in [0.3, 0.4) is 0 Å². The van der Waals surface area contributed by atoms with E-state index >= 15 is 0 Å². The van der Waals surface area contributed by atoms with Crippen LogP contribution in [0.2, 0.25) is 0 Å². The molecule has 30 heavy (non-hydrogen) atoms. The summed E-state index contributed by atoms with van der Waals surface area (Å²) in [5.74, 6) is 1.02. The molecule has 1 atom stereocenters. The number of methoxy groups -OCH3 is 1. The Morgan fingerprint density at radius 1 is 1.03 bits per heavy atom. The first-order valence-electron chi connectivity index (χ1n) is 10.1. The Labute approximate surface area is 176 Å². The summed E-state index contributed by atoms with van der Waals surface area (Å²) in [5.41, 5.74) is 0.232. The summed E-state index contributed by atoms with van der Waals surface area (Å²) >= 11 is 0. The molecule has 0 spiro atoms. The number of ether oxygens (including phenoxy) is 2. The average Bonchev–Trinajstić information content (AvgIpc) is 2.99. The van der Waals surface area contributed by atoms with Crippen LogP contribution in [0.25, 0.3) is 0 Å². The highest BCUT2D eigenvalue weighted by atomic mass is 16.5. The van der Waals surface area contributed by atoms with E-state index in [-0.39, 0.29) is 0 Å². The largest absolute Gasteiger partial charge is 0.497 e. The number of hydrogen-bond acceptors (Lipinski definition) is 5. The summed E-state index contributed by atoms with van der Waals surface area (Å²) in [6.07, 6.45) is 4.81. The first-order chi connectivity index (χ1) is 14.5. The second-order valence-electron chi connectivity index (χ2n) is 7.27. The van der Waals surface area contributed by atoms with Gasteiger partial charge in [-0.05, 0) is 60.9 Å². The van der Waals surface area contributed by atoms with Gasteiger partial charge < -0.3 is 14.8 Å². The maximum absolute atomic E-state index is 12.9. The van der Waals surface area contributed by atoms with Crippen LogP contribution >= 0.6 is 0 Å². The lowest BCUT2D eigenvalue weighted by atomic mass is 9.92. The molecule has 1 fully saturated rings. The Morgan fingerprint density at radius 3 is 2.33 bits per heavy atom. The van der Waals surface area contributed by atoms with Crippen LogP contribution in [-0.4, -0.2) is 36.9 Å². The third kappa shape index (κ3) is 4.62. The lowest BCUT2D eigenvalue weighted by molar-refractivity contribution is -0.131. The van der Waals surface area contributed by atoms with Crippen molar-refractivity contribution in [3.05, 3.63) is 59.7 Å². The van der Waals surface area contributed by atoms with Crippen LogP contribution in [0.5, 0.6) is 11.5 Å². The van der Waals surface area contributed by atoms with Gasteiger partial charge in [-0.1, -0.05) is 31.9 Å². The van der Waals surface area contributed by atoms with Crippen molar-refractivity contribution in [3.63, 3.8) is 0 Å². The number of imide groups is 1. The fraction of sp³-hybridized carbons (Fsp3) is 0.348. The number of urea groups is 1. The second kappa shape index (κ2) is 9.43. The topological polar surface area (TPSA) is 80.2 Å². The maximum Gasteiger partial charge on any atom is 0.346 e. The van der Waals surface area contributed by atoms with Crippen LogP contribution in [0.4, 0.5) is 4.79 Å². The fourth-order valence-electron chi connectivity index (χ4n) is 3.17. The number of nitrogens with one attached hydrogen (secondary N) is 1. The van der Waals surface area contributed by atoms with E-state index in [1.165, 1.54) is 6.21 Å². The number of rotatable bonds is 9. The Kier molecular flexibility index (Phi) is 6.72. The molecule has 0 bridgehead atoms. The molecule has 0 aliphatic carbocycles. The molecule has 0 aromatic heterocycles. The smallest absolute Gasteiger partial charge is 0.346 e. The molecule has 1 N–H and O–H groups in total. The van der Waals surface area contributed by atoms with Gasteiger partial charge in [0.2, 0.25) is 0 Å². The molecule has 3 rings (SSSR count). The third-order valence-electron chi connectivity index (χ3n) is 5.06. The average molecular weight is 409 g/mol. The molecule has 1 heterocycles. The molecule has 2 aromatic rings. The van der Waals surface area contributed by atoms with Gasteiger partial charge in [0.1, 0.15) is 17.0 Å². The number of carbonyl (C=O) groups is 2. The van der Waals surface area contributed by atoms with E-state index in [1.54, 1.807) is 38.3 Å². The van der Waals surface area contributed by atoms with Gasteiger partial charge in [-0.25, -0.2) is 4.79 Å². The maximum atomic E-state index is 12.9. The minimum absolute atomic E-state index is 0.440. The molecular weight excluding hydrogens is 382 g/mol. The highest BCUT2D eigenvalue weighted by Crippen LogP contribution is 2.30. The highest BCUT2D eigenvalue weighted by Gasteiger charge is 2.49. The normalized spacial score (nSPS) is 18.7. The van der Waals surface area contributed by atoms with E-state index in [0.29, 0.717) is 17.9 Å². The van der Waals surface area contributed by atoms with Crippen LogP contribution in [0.15, 0.2) is 53.6 Å². The molecule has 0 saturated carbocycles. The minimum Gasteiger partial charge on any atom is -0.497 e. The first kappa shape index (κ1) is 21.4. The molecule has 7 nitrogen and oxygen atoms in total. The number of carbonyl (C=O) groups excluding carboxylic acids is 2. The molecule has 1 aliphatic rings. The van der Waals surface area contributed by atoms with Crippen molar-refractivity contribution in [2.75, 3.05) is 13.7 Å². The van der Waals surface area contributed by atoms with Gasteiger partial charge in [0.15, 0.2) is 0 Å². The van der Waals surface area contributed by atoms with Crippen molar-refractivity contribution >= 4 is 18.2 Å². The Bertz CT molecular complexity index is 909. The molecule has 0 radical (unpaired) electrons. The molecule has 7 heteroatoms. The molecule has 3 amide bonds. The monoisotopic (exact) mass is 409 g/mol. The molecule has 0 unspecified atom stereocenters. The molecule has 1 aliphatic heterocycles. The third-order valence-corrected chi connectivity index (χ3v) is 5.06. The van der Waals surface area contributed by atoms with E-state index in [9.17, 15) is 9.59 Å². The van der Waals surface area contributed by atoms with Crippen LogP contribution < -0.4 is 14.8 Å². The molecular formula is C23H27N3O4. The number of hydrazone groups is 1. The van der Waals surface area contributed by atoms with Crippen molar-refractivity contribution in [2.45, 2.75) is 38.6 Å². The number of benzene rings is 2. The SMILES string of the molecule is CCCCCOc1ccc(/C=N\N2C(=O)N[C@@](C)(c3ccc(OC)cc3)C2=O)cc1. The summed E-state index contributed by atoms with van der Waals surface area (Å²) in [5, 5.41) is 7.69. The molecule has 1 saturated heterocycles. The predicted octanol–water partition coefficient (Wildman–Crippen LogP) is 4.07. The van der Waals surface area contributed by atoms with Crippen molar-refractivity contribution in [1.82, 2.24) is 10.3 Å². The Morgan fingerprint density at radius 2 is 1.70 bits per heavy atom. The zero-order chi connectivity index (χ0) is 21.6. The standard InChI is InChI=1S/C23H27N3O4/c1-4-5-6-15-30-20-11-7-17(8-12-20)16-24-26-21(27)23(2,25-22(26)28)18-9-13-19(29-3)14-10-18/h7-14,16H,4-6,15H2,1-3H3,(H,25,28)/b24-16-/t23-/m0/s1. The summed E-state index contributed by atoms with van der Waals surface area (Å²) in [4.78, 5) is 25.3. The van der Waals surface area contributed by atoms with Gasteiger partial charge in [-0.2, -0.15) is 5.10 Å². The molecule has 2 aromatic carbocycles. The number of unbranched alkanes of at least 4 members (excludes halogenated alkanes) is 2. The van der Waals surface area contributed by atoms with Crippen molar-refractivity contribution in [2.24, 2.45) is 5.10 Å². The van der Waals surface area contributed by atoms with Gasteiger partial charge in [0.25, 0.3) is 5.91 Å². The van der Waals surface area contributed by atoms with Crippen LogP contribution in [0, 0.1) is 0 Å². The van der Waals surface area contributed by atoms with Gasteiger partial charge in [-0.3, -0.25) is 4.79 Å². The summed E-state index contributed by atoms with van der Waals surface area (Å²) in [7, 11) is 1.57. The van der Waals surface area contributed by atoms with Crippen LogP contribution in [-0.2, 0) is 10.3 Å². The van der Waals surface area contributed by atoms with Crippen molar-refractivity contribution < 1.29 is 19.1 Å². The second-order valence-corrected chi connectivity index (χ2v) is 7.27. The Hall–Kier alpha value is -3.35. The molecule has 158 valence electrons. The quantitative estimate of drug-likeness (QED) is 0.385. The van der Waals surface area contributed by atoms with Gasteiger partial charge in [0.05, 0.1) is 19.9 Å². The predicted molar refractivity (Wildman–Crippen MR) is 115 cm³/mol. The summed E-state index contributed by atoms with van der Waals surface area (Å²) in [6.45, 7) is 4.50. The highest BCUT2D eigenvalue weighted by molar-refractivity contribution is 6.07. The summed E-state index contributed by atoms with van der Waals surface area (Å²) in [6, 6.07) is 13.8. The fourth-order valence-corrected chi connectivity index (χ4v) is 3.17. The van der Waals surface area contributed by atoms with Crippen LogP contribution in [0.1, 0.15) is 44.2 Å². The van der Waals surface area contributed by atoms with Gasteiger partial charge >= 0.3 is 6.03 Å². The van der Waals surface area contributed by atoms with Gasteiger partial charge in [0, 0.05) is 0 Å². The summed E-state index contributed by atoms with van der Waals surface area (Å²) < 4.78 is 10.8. The number of nitrogens with zero attached hydrogens (tertiary/aromatic N) is 2. The number of amides is 3. The Balaban J connectivity index is 1.66. The van der Waals surface area contributed by atoms with Crippen molar-refractivity contribution in [3.8, 4) is 11.5 Å². The van der Waals surface area contributed by atoms with E-state index < -0.39 is 17.5 Å². The lowest BCUT2D eigenvalue weighted by Crippen LogP contribution is -2.40. The number of hydrogen-bond donors (Lipinski definition) is 1. The first-order valence-corrected chi connectivity index (χ1v) is 10.1. The van der Waals surface area contributed by atoms with E-state index in [2.05, 4.69) is 17.3 Å². The lowest BCUT2D eigenvalue weighted by Gasteiger charge is -2.21. The van der Waals surface area contributed by atoms with Gasteiger partial charge in [-0.15, -0.1) is 5.01 Å². The zero-order valence-corrected chi connectivity index (χ0v) is 17.6. The zero-order valence-electron chi connectivity index (χ0n) is 17.6. The van der Waals surface area contributed by atoms with E-state index in [4.69, 9.17) is 9.47 Å². The minimum atomic E-state index is -1.18. The van der Waals surface area contributed by atoms with Crippen molar-refractivity contribution in [1.29, 1.82) is 0 Å². The van der Waals surface area contributed by atoms with E-state index in [0.717, 1.165) is 35.6 Å².